The van der Waals surface area contributed by atoms with Crippen molar-refractivity contribution >= 4 is 0 Å². The van der Waals surface area contributed by atoms with Crippen LogP contribution in [0.5, 0.6) is 0 Å². The number of hydrogen-bond donors (Lipinski definition) is 1. The molecular formula is C16H25F2N3. The third-order valence-corrected chi connectivity index (χ3v) is 4.07. The zero-order valence-electron chi connectivity index (χ0n) is 12.7. The number of rotatable bonds is 6. The molecule has 0 bridgehead atoms. The molecule has 0 radical (unpaired) electrons. The zero-order chi connectivity index (χ0) is 15.2. The number of benzene rings is 1. The van der Waals surface area contributed by atoms with Crippen LogP contribution in [0.25, 0.3) is 0 Å². The van der Waals surface area contributed by atoms with Gasteiger partial charge in [0.1, 0.15) is 11.6 Å². The third-order valence-electron chi connectivity index (χ3n) is 4.07. The topological polar surface area (TPSA) is 32.5 Å². The highest BCUT2D eigenvalue weighted by molar-refractivity contribution is 5.21. The molecule has 1 saturated heterocycles. The summed E-state index contributed by atoms with van der Waals surface area (Å²) in [6, 6.07) is 3.21. The van der Waals surface area contributed by atoms with Crippen molar-refractivity contribution in [1.29, 1.82) is 0 Å². The molecule has 0 spiro atoms. The Hall–Kier alpha value is -1.04. The fourth-order valence-electron chi connectivity index (χ4n) is 2.83. The van der Waals surface area contributed by atoms with Crippen LogP contribution < -0.4 is 5.73 Å². The second kappa shape index (κ2) is 7.82. The van der Waals surface area contributed by atoms with Gasteiger partial charge in [0.05, 0.1) is 0 Å². The highest BCUT2D eigenvalue weighted by Gasteiger charge is 2.17. The summed E-state index contributed by atoms with van der Waals surface area (Å²) in [5.74, 6) is -1.12. The number of hydrogen-bond acceptors (Lipinski definition) is 3. The first-order valence-corrected chi connectivity index (χ1v) is 7.74. The van der Waals surface area contributed by atoms with E-state index < -0.39 is 11.6 Å². The molecule has 21 heavy (non-hydrogen) atoms. The number of nitrogens with two attached hydrogens (primary N) is 1. The Morgan fingerprint density at radius 2 is 1.52 bits per heavy atom. The van der Waals surface area contributed by atoms with Gasteiger partial charge in [-0.1, -0.05) is 6.92 Å². The van der Waals surface area contributed by atoms with Crippen molar-refractivity contribution in [1.82, 2.24) is 9.80 Å². The predicted octanol–water partition coefficient (Wildman–Crippen LogP) is 2.38. The average Bonchev–Trinajstić information content (AvgIpc) is 2.45. The van der Waals surface area contributed by atoms with Gasteiger partial charge in [0, 0.05) is 44.8 Å². The molecule has 1 aromatic carbocycles. The van der Waals surface area contributed by atoms with E-state index in [4.69, 9.17) is 5.73 Å². The van der Waals surface area contributed by atoms with E-state index in [1.54, 1.807) is 0 Å². The van der Waals surface area contributed by atoms with E-state index in [-0.39, 0.29) is 6.04 Å². The Labute approximate surface area is 125 Å². The van der Waals surface area contributed by atoms with Gasteiger partial charge >= 0.3 is 0 Å². The van der Waals surface area contributed by atoms with E-state index in [0.717, 1.165) is 51.8 Å². The fraction of sp³-hybridized carbons (Fsp3) is 0.625. The average molecular weight is 297 g/mol. The van der Waals surface area contributed by atoms with Gasteiger partial charge in [-0.2, -0.15) is 0 Å². The first-order chi connectivity index (χ1) is 10.1. The standard InChI is InChI=1S/C16H25F2N3/c1-2-4-20-6-8-21(9-7-20)5-3-16(19)13-10-14(17)12-15(18)11-13/h10-12,16H,2-9,19H2,1H3. The van der Waals surface area contributed by atoms with Gasteiger partial charge in [0.2, 0.25) is 0 Å². The lowest BCUT2D eigenvalue weighted by Crippen LogP contribution is -2.47. The third kappa shape index (κ3) is 5.02. The van der Waals surface area contributed by atoms with E-state index in [2.05, 4.69) is 16.7 Å². The van der Waals surface area contributed by atoms with E-state index in [1.807, 2.05) is 0 Å². The van der Waals surface area contributed by atoms with Crippen LogP contribution in [0.15, 0.2) is 18.2 Å². The Kier molecular flexibility index (Phi) is 6.08. The molecule has 2 N–H and O–H groups in total. The molecule has 5 heteroatoms. The Bertz CT molecular complexity index is 425. The maximum Gasteiger partial charge on any atom is 0.126 e. The zero-order valence-corrected chi connectivity index (χ0v) is 12.7. The molecule has 1 atom stereocenters. The minimum atomic E-state index is -0.561. The lowest BCUT2D eigenvalue weighted by molar-refractivity contribution is 0.130. The van der Waals surface area contributed by atoms with Crippen molar-refractivity contribution in [2.24, 2.45) is 5.73 Å². The Morgan fingerprint density at radius 1 is 1.00 bits per heavy atom. The van der Waals surface area contributed by atoms with Crippen LogP contribution in [-0.2, 0) is 0 Å². The fourth-order valence-corrected chi connectivity index (χ4v) is 2.83. The first-order valence-electron chi connectivity index (χ1n) is 7.74. The molecule has 118 valence electrons. The molecule has 0 saturated carbocycles. The molecule has 1 aliphatic rings. The summed E-state index contributed by atoms with van der Waals surface area (Å²) < 4.78 is 26.4. The van der Waals surface area contributed by atoms with Crippen molar-refractivity contribution in [2.75, 3.05) is 39.3 Å². The Morgan fingerprint density at radius 3 is 2.05 bits per heavy atom. The Balaban J connectivity index is 1.78. The van der Waals surface area contributed by atoms with Crippen molar-refractivity contribution in [2.45, 2.75) is 25.8 Å². The second-order valence-corrected chi connectivity index (χ2v) is 5.78. The number of nitrogens with zero attached hydrogens (tertiary/aromatic N) is 2. The number of piperazine rings is 1. The van der Waals surface area contributed by atoms with E-state index in [0.29, 0.717) is 5.56 Å². The van der Waals surface area contributed by atoms with Crippen LogP contribution in [-0.4, -0.2) is 49.1 Å². The SMILES string of the molecule is CCCN1CCN(CCC(N)c2cc(F)cc(F)c2)CC1. The highest BCUT2D eigenvalue weighted by atomic mass is 19.1. The summed E-state index contributed by atoms with van der Waals surface area (Å²) in [4.78, 5) is 4.85. The minimum absolute atomic E-state index is 0.316. The molecule has 1 aliphatic heterocycles. The summed E-state index contributed by atoms with van der Waals surface area (Å²) in [7, 11) is 0. The van der Waals surface area contributed by atoms with Crippen molar-refractivity contribution in [3.05, 3.63) is 35.4 Å². The monoisotopic (exact) mass is 297 g/mol. The van der Waals surface area contributed by atoms with Crippen LogP contribution in [0.3, 0.4) is 0 Å². The molecule has 3 nitrogen and oxygen atoms in total. The second-order valence-electron chi connectivity index (χ2n) is 5.78. The van der Waals surface area contributed by atoms with Gasteiger partial charge in [0.15, 0.2) is 0 Å². The lowest BCUT2D eigenvalue weighted by Gasteiger charge is -2.35. The first kappa shape index (κ1) is 16.3. The van der Waals surface area contributed by atoms with Crippen LogP contribution >= 0.6 is 0 Å². The normalized spacial score (nSPS) is 18.9. The van der Waals surface area contributed by atoms with E-state index in [1.165, 1.54) is 18.6 Å². The summed E-state index contributed by atoms with van der Waals surface area (Å²) in [6.45, 7) is 8.52. The summed E-state index contributed by atoms with van der Waals surface area (Å²) >= 11 is 0. The van der Waals surface area contributed by atoms with Crippen LogP contribution in [0.2, 0.25) is 0 Å². The molecule has 0 aromatic heterocycles. The van der Waals surface area contributed by atoms with Crippen molar-refractivity contribution in [3.63, 3.8) is 0 Å². The maximum atomic E-state index is 13.2. The molecule has 0 amide bonds. The van der Waals surface area contributed by atoms with Gasteiger partial charge < -0.3 is 15.5 Å². The number of halogens is 2. The molecule has 2 rings (SSSR count). The molecule has 1 fully saturated rings. The van der Waals surface area contributed by atoms with Gasteiger partial charge in [-0.15, -0.1) is 0 Å². The largest absolute Gasteiger partial charge is 0.324 e. The van der Waals surface area contributed by atoms with Crippen LogP contribution in [0.1, 0.15) is 31.4 Å². The van der Waals surface area contributed by atoms with Gasteiger partial charge in [-0.05, 0) is 37.1 Å². The predicted molar refractivity (Wildman–Crippen MR) is 81.1 cm³/mol. The minimum Gasteiger partial charge on any atom is -0.324 e. The van der Waals surface area contributed by atoms with Crippen LogP contribution in [0.4, 0.5) is 8.78 Å². The highest BCUT2D eigenvalue weighted by Crippen LogP contribution is 2.18. The molecule has 0 aliphatic carbocycles. The molecule has 1 unspecified atom stereocenters. The maximum absolute atomic E-state index is 13.2. The molecule has 1 aromatic rings. The van der Waals surface area contributed by atoms with Crippen LogP contribution in [0, 0.1) is 11.6 Å². The summed E-state index contributed by atoms with van der Waals surface area (Å²) in [6.07, 6.45) is 1.91. The smallest absolute Gasteiger partial charge is 0.126 e. The van der Waals surface area contributed by atoms with Gasteiger partial charge in [-0.25, -0.2) is 8.78 Å². The van der Waals surface area contributed by atoms with E-state index >= 15 is 0 Å². The molecular weight excluding hydrogens is 272 g/mol. The quantitative estimate of drug-likeness (QED) is 0.875. The van der Waals surface area contributed by atoms with E-state index in [9.17, 15) is 8.78 Å². The van der Waals surface area contributed by atoms with Gasteiger partial charge in [-0.3, -0.25) is 0 Å². The summed E-state index contributed by atoms with van der Waals surface area (Å²) in [5.41, 5.74) is 6.59. The summed E-state index contributed by atoms with van der Waals surface area (Å²) in [5, 5.41) is 0. The lowest BCUT2D eigenvalue weighted by atomic mass is 10.0. The van der Waals surface area contributed by atoms with Crippen molar-refractivity contribution in [3.8, 4) is 0 Å². The van der Waals surface area contributed by atoms with Crippen molar-refractivity contribution < 1.29 is 8.78 Å². The van der Waals surface area contributed by atoms with Gasteiger partial charge in [0.25, 0.3) is 0 Å². The molecule has 1 heterocycles.